The number of benzene rings is 1. The zero-order chi connectivity index (χ0) is 14.0. The van der Waals surface area contributed by atoms with E-state index in [9.17, 15) is 4.79 Å². The van der Waals surface area contributed by atoms with E-state index >= 15 is 0 Å². The van der Waals surface area contributed by atoms with Crippen LogP contribution in [0.3, 0.4) is 0 Å². The number of oxazole rings is 1. The van der Waals surface area contributed by atoms with Crippen LogP contribution in [0.5, 0.6) is 0 Å². The van der Waals surface area contributed by atoms with E-state index in [-0.39, 0.29) is 6.42 Å². The SMILES string of the molecule is Cc1nc(-c2ccc(C(C)C)cc2)oc1CC(=O)O. The third-order valence-electron chi connectivity index (χ3n) is 3.03. The number of carboxylic acid groups (broad SMARTS) is 1. The first-order chi connectivity index (χ1) is 8.97. The van der Waals surface area contributed by atoms with E-state index in [2.05, 4.69) is 18.8 Å². The van der Waals surface area contributed by atoms with Gasteiger partial charge >= 0.3 is 5.97 Å². The Morgan fingerprint density at radius 2 is 1.95 bits per heavy atom. The summed E-state index contributed by atoms with van der Waals surface area (Å²) in [5, 5.41) is 8.78. The highest BCUT2D eigenvalue weighted by molar-refractivity contribution is 5.70. The molecule has 0 radical (unpaired) electrons. The molecule has 0 saturated carbocycles. The van der Waals surface area contributed by atoms with E-state index in [0.717, 1.165) is 5.56 Å². The predicted octanol–water partition coefficient (Wildman–Crippen LogP) is 3.40. The first-order valence-electron chi connectivity index (χ1n) is 6.26. The molecule has 0 aliphatic carbocycles. The van der Waals surface area contributed by atoms with Gasteiger partial charge in [-0.2, -0.15) is 0 Å². The topological polar surface area (TPSA) is 63.3 Å². The Bertz CT molecular complexity index is 582. The molecule has 0 atom stereocenters. The molecule has 0 unspecified atom stereocenters. The number of carboxylic acids is 1. The fraction of sp³-hybridized carbons (Fsp3) is 0.333. The Morgan fingerprint density at radius 3 is 2.47 bits per heavy atom. The summed E-state index contributed by atoms with van der Waals surface area (Å²) >= 11 is 0. The number of aryl methyl sites for hydroxylation is 1. The maximum Gasteiger partial charge on any atom is 0.311 e. The summed E-state index contributed by atoms with van der Waals surface area (Å²) in [6.07, 6.45) is -0.136. The molecule has 1 N–H and O–H groups in total. The van der Waals surface area contributed by atoms with E-state index in [1.54, 1.807) is 6.92 Å². The molecule has 0 bridgehead atoms. The number of hydrogen-bond acceptors (Lipinski definition) is 3. The molecule has 1 heterocycles. The lowest BCUT2D eigenvalue weighted by atomic mass is 10.0. The molecule has 19 heavy (non-hydrogen) atoms. The van der Waals surface area contributed by atoms with Crippen molar-refractivity contribution < 1.29 is 14.3 Å². The molecular weight excluding hydrogens is 242 g/mol. The molecule has 0 fully saturated rings. The lowest BCUT2D eigenvalue weighted by molar-refractivity contribution is -0.136. The van der Waals surface area contributed by atoms with Gasteiger partial charge in [-0.3, -0.25) is 4.79 Å². The van der Waals surface area contributed by atoms with Gasteiger partial charge in [-0.1, -0.05) is 26.0 Å². The van der Waals surface area contributed by atoms with Crippen molar-refractivity contribution in [1.29, 1.82) is 0 Å². The van der Waals surface area contributed by atoms with Crippen LogP contribution >= 0.6 is 0 Å². The summed E-state index contributed by atoms with van der Waals surface area (Å²) in [7, 11) is 0. The molecule has 0 aliphatic rings. The fourth-order valence-corrected chi connectivity index (χ4v) is 1.86. The van der Waals surface area contributed by atoms with Crippen molar-refractivity contribution in [2.24, 2.45) is 0 Å². The molecule has 100 valence electrons. The third-order valence-corrected chi connectivity index (χ3v) is 3.03. The Balaban J connectivity index is 2.29. The molecule has 0 spiro atoms. The smallest absolute Gasteiger partial charge is 0.311 e. The van der Waals surface area contributed by atoms with Crippen LogP contribution in [-0.2, 0) is 11.2 Å². The molecule has 4 heteroatoms. The summed E-state index contributed by atoms with van der Waals surface area (Å²) in [6, 6.07) is 7.98. The molecule has 2 aromatic rings. The largest absolute Gasteiger partial charge is 0.481 e. The van der Waals surface area contributed by atoms with Crippen molar-refractivity contribution in [3.8, 4) is 11.5 Å². The van der Waals surface area contributed by atoms with Crippen molar-refractivity contribution in [2.45, 2.75) is 33.1 Å². The summed E-state index contributed by atoms with van der Waals surface area (Å²) < 4.78 is 5.52. The minimum absolute atomic E-state index is 0.136. The third kappa shape index (κ3) is 3.02. The second kappa shape index (κ2) is 5.26. The summed E-state index contributed by atoms with van der Waals surface area (Å²) in [5.74, 6) is 0.448. The lowest BCUT2D eigenvalue weighted by Gasteiger charge is -2.04. The van der Waals surface area contributed by atoms with Crippen LogP contribution in [0.15, 0.2) is 28.7 Å². The van der Waals surface area contributed by atoms with E-state index in [4.69, 9.17) is 9.52 Å². The molecule has 1 aromatic carbocycles. The predicted molar refractivity (Wildman–Crippen MR) is 72.1 cm³/mol. The Hall–Kier alpha value is -2.10. The standard InChI is InChI=1S/C15H17NO3/c1-9(2)11-4-6-12(7-5-11)15-16-10(3)13(19-15)8-14(17)18/h4-7,9H,8H2,1-3H3,(H,17,18). The number of aliphatic carboxylic acids is 1. The Morgan fingerprint density at radius 1 is 1.32 bits per heavy atom. The van der Waals surface area contributed by atoms with Crippen molar-refractivity contribution in [3.63, 3.8) is 0 Å². The molecule has 0 saturated heterocycles. The van der Waals surface area contributed by atoms with Gasteiger partial charge in [-0.05, 0) is 30.5 Å². The monoisotopic (exact) mass is 259 g/mol. The van der Waals surface area contributed by atoms with Crippen molar-refractivity contribution in [3.05, 3.63) is 41.3 Å². The van der Waals surface area contributed by atoms with Gasteiger partial charge in [0.05, 0.1) is 5.69 Å². The maximum absolute atomic E-state index is 10.7. The van der Waals surface area contributed by atoms with Gasteiger partial charge in [-0.25, -0.2) is 4.98 Å². The van der Waals surface area contributed by atoms with E-state index < -0.39 is 5.97 Å². The van der Waals surface area contributed by atoms with Gasteiger partial charge in [0.15, 0.2) is 0 Å². The van der Waals surface area contributed by atoms with Crippen LogP contribution in [0.2, 0.25) is 0 Å². The van der Waals surface area contributed by atoms with Gasteiger partial charge in [-0.15, -0.1) is 0 Å². The highest BCUT2D eigenvalue weighted by Crippen LogP contribution is 2.24. The van der Waals surface area contributed by atoms with Gasteiger partial charge < -0.3 is 9.52 Å². The quantitative estimate of drug-likeness (QED) is 0.914. The lowest BCUT2D eigenvalue weighted by Crippen LogP contribution is -1.99. The summed E-state index contributed by atoms with van der Waals surface area (Å²) in [6.45, 7) is 6.03. The number of nitrogens with zero attached hydrogens (tertiary/aromatic N) is 1. The zero-order valence-corrected chi connectivity index (χ0v) is 11.3. The average molecular weight is 259 g/mol. The van der Waals surface area contributed by atoms with Gasteiger partial charge in [0.25, 0.3) is 0 Å². The van der Waals surface area contributed by atoms with Crippen LogP contribution in [0, 0.1) is 6.92 Å². The Kier molecular flexibility index (Phi) is 3.69. The number of carbonyl (C=O) groups is 1. The summed E-state index contributed by atoms with van der Waals surface area (Å²) in [4.78, 5) is 15.0. The minimum Gasteiger partial charge on any atom is -0.481 e. The second-order valence-electron chi connectivity index (χ2n) is 4.87. The first kappa shape index (κ1) is 13.3. The van der Waals surface area contributed by atoms with Crippen LogP contribution < -0.4 is 0 Å². The molecular formula is C15H17NO3. The van der Waals surface area contributed by atoms with Gasteiger partial charge in [0, 0.05) is 5.56 Å². The number of aromatic nitrogens is 1. The van der Waals surface area contributed by atoms with E-state index in [1.165, 1.54) is 5.56 Å². The van der Waals surface area contributed by atoms with Gasteiger partial charge in [0.2, 0.25) is 5.89 Å². The molecule has 1 aromatic heterocycles. The highest BCUT2D eigenvalue weighted by atomic mass is 16.4. The van der Waals surface area contributed by atoms with Gasteiger partial charge in [0.1, 0.15) is 12.2 Å². The zero-order valence-electron chi connectivity index (χ0n) is 11.3. The molecule has 0 aliphatic heterocycles. The van der Waals surface area contributed by atoms with E-state index in [0.29, 0.717) is 23.3 Å². The first-order valence-corrected chi connectivity index (χ1v) is 6.26. The Labute approximate surface area is 112 Å². The normalized spacial score (nSPS) is 10.9. The van der Waals surface area contributed by atoms with Crippen LogP contribution in [0.4, 0.5) is 0 Å². The second-order valence-corrected chi connectivity index (χ2v) is 4.87. The van der Waals surface area contributed by atoms with Crippen LogP contribution in [0.25, 0.3) is 11.5 Å². The van der Waals surface area contributed by atoms with E-state index in [1.807, 2.05) is 24.3 Å². The minimum atomic E-state index is -0.916. The maximum atomic E-state index is 10.7. The average Bonchev–Trinajstić information content (AvgIpc) is 2.70. The molecule has 4 nitrogen and oxygen atoms in total. The number of rotatable bonds is 4. The van der Waals surface area contributed by atoms with Crippen LogP contribution in [0.1, 0.15) is 36.8 Å². The highest BCUT2D eigenvalue weighted by Gasteiger charge is 2.14. The van der Waals surface area contributed by atoms with Crippen molar-refractivity contribution in [2.75, 3.05) is 0 Å². The van der Waals surface area contributed by atoms with Crippen LogP contribution in [-0.4, -0.2) is 16.1 Å². The summed E-state index contributed by atoms with van der Waals surface area (Å²) in [5.41, 5.74) is 2.74. The molecule has 2 rings (SSSR count). The van der Waals surface area contributed by atoms with Crippen molar-refractivity contribution in [1.82, 2.24) is 4.98 Å². The fourth-order valence-electron chi connectivity index (χ4n) is 1.86. The molecule has 0 amide bonds. The van der Waals surface area contributed by atoms with Crippen molar-refractivity contribution >= 4 is 5.97 Å². The number of hydrogen-bond donors (Lipinski definition) is 1.